The molecule has 124 valence electrons. The van der Waals surface area contributed by atoms with Crippen LogP contribution in [-0.4, -0.2) is 25.3 Å². The highest BCUT2D eigenvalue weighted by Gasteiger charge is 2.27. The predicted molar refractivity (Wildman–Crippen MR) is 86.2 cm³/mol. The smallest absolute Gasteiger partial charge is 0.307 e. The Kier molecular flexibility index (Phi) is 3.98. The van der Waals surface area contributed by atoms with Crippen LogP contribution in [0.1, 0.15) is 27.0 Å². The zero-order chi connectivity index (χ0) is 17.5. The fourth-order valence-corrected chi connectivity index (χ4v) is 3.41. The summed E-state index contributed by atoms with van der Waals surface area (Å²) >= 11 is 0. The molecule has 6 nitrogen and oxygen atoms in total. The Bertz CT molecular complexity index is 932. The van der Waals surface area contributed by atoms with Gasteiger partial charge in [0.1, 0.15) is 0 Å². The number of carboxylic acids is 1. The molecular formula is C17H15NO5S. The normalized spacial score (nSPS) is 16.6. The van der Waals surface area contributed by atoms with Gasteiger partial charge in [-0.05, 0) is 54.3 Å². The van der Waals surface area contributed by atoms with Crippen LogP contribution in [0.3, 0.4) is 0 Å². The van der Waals surface area contributed by atoms with Gasteiger partial charge in [-0.3, -0.25) is 9.59 Å². The summed E-state index contributed by atoms with van der Waals surface area (Å²) in [5.41, 5.74) is 2.61. The number of aliphatic carboxylic acids is 1. The van der Waals surface area contributed by atoms with Crippen molar-refractivity contribution in [2.75, 3.05) is 0 Å². The maximum Gasteiger partial charge on any atom is 0.307 e. The molecule has 3 rings (SSSR count). The molecule has 1 unspecified atom stereocenters. The molecule has 0 radical (unpaired) electrons. The van der Waals surface area contributed by atoms with Gasteiger partial charge in [0.05, 0.1) is 10.8 Å². The Hall–Kier alpha value is -2.51. The van der Waals surface area contributed by atoms with Gasteiger partial charge in [0.2, 0.25) is 10.0 Å². The van der Waals surface area contributed by atoms with Crippen LogP contribution in [0.2, 0.25) is 0 Å². The number of hydrogen-bond acceptors (Lipinski definition) is 4. The van der Waals surface area contributed by atoms with Crippen molar-refractivity contribution in [1.82, 2.24) is 0 Å². The molecule has 1 aliphatic rings. The Morgan fingerprint density at radius 2 is 1.54 bits per heavy atom. The second kappa shape index (κ2) is 5.85. The molecule has 1 atom stereocenters. The van der Waals surface area contributed by atoms with Gasteiger partial charge in [0.15, 0.2) is 5.78 Å². The average molecular weight is 345 g/mol. The van der Waals surface area contributed by atoms with Crippen LogP contribution < -0.4 is 5.14 Å². The Balaban J connectivity index is 1.87. The monoisotopic (exact) mass is 345 g/mol. The van der Waals surface area contributed by atoms with Crippen molar-refractivity contribution in [3.05, 3.63) is 64.7 Å². The van der Waals surface area contributed by atoms with Crippen molar-refractivity contribution in [3.8, 4) is 0 Å². The summed E-state index contributed by atoms with van der Waals surface area (Å²) in [6, 6.07) is 10.6. The van der Waals surface area contributed by atoms with Crippen molar-refractivity contribution in [2.45, 2.75) is 17.7 Å². The first-order valence-electron chi connectivity index (χ1n) is 7.28. The highest BCUT2D eigenvalue weighted by Crippen LogP contribution is 2.28. The van der Waals surface area contributed by atoms with E-state index in [0.29, 0.717) is 24.0 Å². The second-order valence-corrected chi connectivity index (χ2v) is 7.39. The standard InChI is InChI=1S/C17H15NO5S/c18-24(22,23)15-5-3-10(4-6-15)16(19)12-2-1-11-7-14(17(20)21)9-13(11)8-12/h1-6,8,14H,7,9H2,(H,20,21)(H2,18,22,23). The van der Waals surface area contributed by atoms with Gasteiger partial charge < -0.3 is 5.11 Å². The minimum absolute atomic E-state index is 0.0581. The Labute approximate surface area is 139 Å². The summed E-state index contributed by atoms with van der Waals surface area (Å²) in [5.74, 6) is -1.53. The van der Waals surface area contributed by atoms with E-state index in [1.165, 1.54) is 24.3 Å². The van der Waals surface area contributed by atoms with E-state index in [1.54, 1.807) is 18.2 Å². The van der Waals surface area contributed by atoms with E-state index < -0.39 is 21.9 Å². The first-order valence-corrected chi connectivity index (χ1v) is 8.82. The molecule has 0 spiro atoms. The topological polar surface area (TPSA) is 115 Å². The first-order chi connectivity index (χ1) is 11.3. The molecule has 0 heterocycles. The molecule has 3 N–H and O–H groups in total. The zero-order valence-electron chi connectivity index (χ0n) is 12.6. The number of fused-ring (bicyclic) bond motifs is 1. The highest BCUT2D eigenvalue weighted by atomic mass is 32.2. The number of hydrogen-bond donors (Lipinski definition) is 2. The van der Waals surface area contributed by atoms with Gasteiger partial charge in [-0.2, -0.15) is 0 Å². The van der Waals surface area contributed by atoms with Crippen LogP contribution in [0.5, 0.6) is 0 Å². The second-order valence-electron chi connectivity index (χ2n) is 5.83. The largest absolute Gasteiger partial charge is 0.481 e. The van der Waals surface area contributed by atoms with E-state index in [9.17, 15) is 18.0 Å². The number of benzene rings is 2. The van der Waals surface area contributed by atoms with E-state index >= 15 is 0 Å². The highest BCUT2D eigenvalue weighted by molar-refractivity contribution is 7.89. The zero-order valence-corrected chi connectivity index (χ0v) is 13.4. The molecule has 0 aliphatic heterocycles. The van der Waals surface area contributed by atoms with Gasteiger partial charge in [-0.25, -0.2) is 13.6 Å². The maximum atomic E-state index is 12.5. The number of primary sulfonamides is 1. The third kappa shape index (κ3) is 3.08. The minimum Gasteiger partial charge on any atom is -0.481 e. The van der Waals surface area contributed by atoms with Crippen LogP contribution in [0.15, 0.2) is 47.4 Å². The van der Waals surface area contributed by atoms with Crippen LogP contribution in [0.4, 0.5) is 0 Å². The number of sulfonamides is 1. The summed E-state index contributed by atoms with van der Waals surface area (Å²) < 4.78 is 22.5. The van der Waals surface area contributed by atoms with Gasteiger partial charge >= 0.3 is 5.97 Å². The number of carbonyl (C=O) groups excluding carboxylic acids is 1. The maximum absolute atomic E-state index is 12.5. The van der Waals surface area contributed by atoms with Crippen LogP contribution in [-0.2, 0) is 27.7 Å². The third-order valence-electron chi connectivity index (χ3n) is 4.20. The molecule has 0 bridgehead atoms. The fraction of sp³-hybridized carbons (Fsp3) is 0.176. The molecule has 0 saturated carbocycles. The van der Waals surface area contributed by atoms with Crippen LogP contribution in [0.25, 0.3) is 0 Å². The minimum atomic E-state index is -3.80. The molecule has 0 aromatic heterocycles. The van der Waals surface area contributed by atoms with Gasteiger partial charge in [-0.1, -0.05) is 12.1 Å². The lowest BCUT2D eigenvalue weighted by atomic mass is 9.99. The number of carboxylic acid groups (broad SMARTS) is 1. The van der Waals surface area contributed by atoms with E-state index in [0.717, 1.165) is 11.1 Å². The molecule has 2 aromatic rings. The quantitative estimate of drug-likeness (QED) is 0.812. The van der Waals surface area contributed by atoms with Gasteiger partial charge in [-0.15, -0.1) is 0 Å². The van der Waals surface area contributed by atoms with E-state index in [-0.39, 0.29) is 10.7 Å². The van der Waals surface area contributed by atoms with E-state index in [1.807, 2.05) is 0 Å². The summed E-state index contributed by atoms with van der Waals surface area (Å²) in [6.07, 6.45) is 0.887. The van der Waals surface area contributed by atoms with Crippen molar-refractivity contribution in [2.24, 2.45) is 11.1 Å². The van der Waals surface area contributed by atoms with Crippen LogP contribution >= 0.6 is 0 Å². The molecule has 0 fully saturated rings. The summed E-state index contributed by atoms with van der Waals surface area (Å²) in [6.45, 7) is 0. The lowest BCUT2D eigenvalue weighted by Crippen LogP contribution is -2.12. The summed E-state index contributed by atoms with van der Waals surface area (Å²) in [4.78, 5) is 23.6. The van der Waals surface area contributed by atoms with Crippen molar-refractivity contribution < 1.29 is 23.1 Å². The molecular weight excluding hydrogens is 330 g/mol. The number of carbonyl (C=O) groups is 2. The van der Waals surface area contributed by atoms with E-state index in [4.69, 9.17) is 10.2 Å². The Morgan fingerprint density at radius 1 is 0.958 bits per heavy atom. The first kappa shape index (κ1) is 16.4. The molecule has 0 amide bonds. The van der Waals surface area contributed by atoms with Gasteiger partial charge in [0, 0.05) is 11.1 Å². The van der Waals surface area contributed by atoms with Crippen LogP contribution in [0, 0.1) is 5.92 Å². The lowest BCUT2D eigenvalue weighted by Gasteiger charge is -2.05. The van der Waals surface area contributed by atoms with Crippen molar-refractivity contribution in [3.63, 3.8) is 0 Å². The molecule has 2 aromatic carbocycles. The number of rotatable bonds is 4. The Morgan fingerprint density at radius 3 is 2.12 bits per heavy atom. The lowest BCUT2D eigenvalue weighted by molar-refractivity contribution is -0.141. The number of nitrogens with two attached hydrogens (primary N) is 1. The third-order valence-corrected chi connectivity index (χ3v) is 5.12. The molecule has 7 heteroatoms. The van der Waals surface area contributed by atoms with E-state index in [2.05, 4.69) is 0 Å². The SMILES string of the molecule is NS(=O)(=O)c1ccc(C(=O)c2ccc3c(c2)CC(C(=O)O)C3)cc1. The van der Waals surface area contributed by atoms with Crippen molar-refractivity contribution in [1.29, 1.82) is 0 Å². The molecule has 24 heavy (non-hydrogen) atoms. The summed E-state index contributed by atoms with van der Waals surface area (Å²) in [7, 11) is -3.80. The number of ketones is 1. The molecule has 0 saturated heterocycles. The predicted octanol–water partition coefficient (Wildman–Crippen LogP) is 1.36. The fourth-order valence-electron chi connectivity index (χ4n) is 2.90. The van der Waals surface area contributed by atoms with Gasteiger partial charge in [0.25, 0.3) is 0 Å². The molecule has 1 aliphatic carbocycles. The van der Waals surface area contributed by atoms with Crippen molar-refractivity contribution >= 4 is 21.8 Å². The summed E-state index contributed by atoms with van der Waals surface area (Å²) in [5, 5.41) is 14.1. The average Bonchev–Trinajstić information content (AvgIpc) is 2.97.